The highest BCUT2D eigenvalue weighted by molar-refractivity contribution is 8.14. The number of rotatable bonds is 3. The Kier molecular flexibility index (Phi) is 3.36. The third kappa shape index (κ3) is 2.65. The highest BCUT2D eigenvalue weighted by atomic mass is 32.2. The molecule has 0 saturated carbocycles. The molecule has 2 nitrogen and oxygen atoms in total. The Morgan fingerprint density at radius 3 is 2.24 bits per heavy atom. The van der Waals surface area contributed by atoms with Gasteiger partial charge in [0.05, 0.1) is 0 Å². The first-order valence-corrected chi connectivity index (χ1v) is 7.08. The van der Waals surface area contributed by atoms with Gasteiger partial charge in [-0.05, 0) is 60.1 Å². The first kappa shape index (κ1) is 11.1. The van der Waals surface area contributed by atoms with Crippen LogP contribution in [0.1, 0.15) is 5.56 Å². The quantitative estimate of drug-likeness (QED) is 0.783. The van der Waals surface area contributed by atoms with E-state index in [1.807, 2.05) is 36.3 Å². The summed E-state index contributed by atoms with van der Waals surface area (Å²) in [6.07, 6.45) is 4.78. The summed E-state index contributed by atoms with van der Waals surface area (Å²) in [5, 5.41) is 0. The molecular formula is C13H12N2S2. The van der Waals surface area contributed by atoms with Crippen molar-refractivity contribution < 1.29 is 0 Å². The van der Waals surface area contributed by atoms with Crippen LogP contribution in [0.5, 0.6) is 0 Å². The Morgan fingerprint density at radius 1 is 0.941 bits per heavy atom. The molecule has 0 unspecified atom stereocenters. The van der Waals surface area contributed by atoms with Crippen LogP contribution < -0.4 is 0 Å². The van der Waals surface area contributed by atoms with Gasteiger partial charge < -0.3 is 0 Å². The second kappa shape index (κ2) is 5.12. The summed E-state index contributed by atoms with van der Waals surface area (Å²) in [5.74, 6) is 0. The highest BCUT2D eigenvalue weighted by Crippen LogP contribution is 2.45. The molecule has 1 aliphatic rings. The minimum atomic E-state index is 1.05. The maximum Gasteiger partial charge on any atom is 0.0388 e. The van der Waals surface area contributed by atoms with Crippen LogP contribution in [0.4, 0.5) is 0 Å². The number of benzene rings is 1. The van der Waals surface area contributed by atoms with E-state index in [4.69, 9.17) is 0 Å². The Bertz CT molecular complexity index is 477. The van der Waals surface area contributed by atoms with Crippen LogP contribution in [0.25, 0.3) is 0 Å². The molecule has 3 rings (SSSR count). The van der Waals surface area contributed by atoms with E-state index in [2.05, 4.69) is 45.1 Å². The maximum atomic E-state index is 4.03. The molecule has 4 heteroatoms. The summed E-state index contributed by atoms with van der Waals surface area (Å²) in [6, 6.07) is 12.7. The molecule has 0 N–H and O–H groups in total. The lowest BCUT2D eigenvalue weighted by molar-refractivity contribution is 0.732. The van der Waals surface area contributed by atoms with Crippen molar-refractivity contribution in [1.82, 2.24) is 8.69 Å². The van der Waals surface area contributed by atoms with Gasteiger partial charge in [-0.1, -0.05) is 12.1 Å². The monoisotopic (exact) mass is 260 g/mol. The van der Waals surface area contributed by atoms with Crippen LogP contribution >= 0.6 is 23.9 Å². The third-order valence-electron chi connectivity index (χ3n) is 2.58. The van der Waals surface area contributed by atoms with Crippen LogP contribution in [0.15, 0.2) is 58.6 Å². The molecule has 2 aromatic rings. The van der Waals surface area contributed by atoms with Gasteiger partial charge in [-0.3, -0.25) is 4.98 Å². The van der Waals surface area contributed by atoms with E-state index in [1.165, 1.54) is 15.4 Å². The van der Waals surface area contributed by atoms with Crippen molar-refractivity contribution in [3.8, 4) is 0 Å². The highest BCUT2D eigenvalue weighted by Gasteiger charge is 2.19. The van der Waals surface area contributed by atoms with Gasteiger partial charge in [-0.15, -0.1) is 0 Å². The van der Waals surface area contributed by atoms with Crippen molar-refractivity contribution in [1.29, 1.82) is 0 Å². The van der Waals surface area contributed by atoms with E-state index < -0.39 is 0 Å². The average molecular weight is 260 g/mol. The maximum absolute atomic E-state index is 4.03. The fourth-order valence-electron chi connectivity index (χ4n) is 1.70. The van der Waals surface area contributed by atoms with Gasteiger partial charge in [-0.2, -0.15) is 3.71 Å². The van der Waals surface area contributed by atoms with Crippen molar-refractivity contribution in [2.45, 2.75) is 16.2 Å². The Labute approximate surface area is 110 Å². The summed E-state index contributed by atoms with van der Waals surface area (Å²) < 4.78 is 2.34. The SMILES string of the molecule is c1ccc2c(c1)SN(CCc1ccncc1)S2. The van der Waals surface area contributed by atoms with Crippen LogP contribution in [-0.4, -0.2) is 15.2 Å². The van der Waals surface area contributed by atoms with Crippen molar-refractivity contribution in [3.63, 3.8) is 0 Å². The fourth-order valence-corrected chi connectivity index (χ4v) is 3.95. The predicted octanol–water partition coefficient (Wildman–Crippen LogP) is 3.65. The molecule has 0 amide bonds. The zero-order valence-corrected chi connectivity index (χ0v) is 10.9. The molecule has 1 aliphatic heterocycles. The number of fused-ring (bicyclic) bond motifs is 1. The Balaban J connectivity index is 1.59. The molecule has 0 radical (unpaired) electrons. The number of aromatic nitrogens is 1. The zero-order valence-electron chi connectivity index (χ0n) is 9.24. The van der Waals surface area contributed by atoms with Crippen molar-refractivity contribution in [3.05, 3.63) is 54.4 Å². The second-order valence-corrected chi connectivity index (χ2v) is 6.15. The van der Waals surface area contributed by atoms with Crippen molar-refractivity contribution in [2.75, 3.05) is 6.54 Å². The van der Waals surface area contributed by atoms with E-state index in [0.29, 0.717) is 0 Å². The molecule has 2 heterocycles. The standard InChI is InChI=1S/C13H12N2S2/c1-2-4-13-12(3-1)16-15(17-13)10-7-11-5-8-14-9-6-11/h1-6,8-9H,7,10H2. The summed E-state index contributed by atoms with van der Waals surface area (Å²) in [4.78, 5) is 6.77. The molecule has 1 aromatic heterocycles. The minimum Gasteiger partial charge on any atom is -0.265 e. The summed E-state index contributed by atoms with van der Waals surface area (Å²) in [5.41, 5.74) is 1.34. The largest absolute Gasteiger partial charge is 0.265 e. The van der Waals surface area contributed by atoms with Crippen molar-refractivity contribution in [2.24, 2.45) is 0 Å². The zero-order chi connectivity index (χ0) is 11.5. The Hall–Kier alpha value is -0.970. The second-order valence-electron chi connectivity index (χ2n) is 3.79. The first-order valence-electron chi connectivity index (χ1n) is 5.53. The molecular weight excluding hydrogens is 248 g/mol. The normalized spacial score (nSPS) is 14.8. The van der Waals surface area contributed by atoms with Crippen LogP contribution in [0, 0.1) is 0 Å². The molecule has 0 bridgehead atoms. The van der Waals surface area contributed by atoms with Gasteiger partial charge in [0, 0.05) is 28.7 Å². The molecule has 86 valence electrons. The third-order valence-corrected chi connectivity index (χ3v) is 5.04. The molecule has 0 spiro atoms. The van der Waals surface area contributed by atoms with Gasteiger partial charge in [0.1, 0.15) is 0 Å². The molecule has 0 aliphatic carbocycles. The van der Waals surface area contributed by atoms with Gasteiger partial charge in [-0.25, -0.2) is 0 Å². The van der Waals surface area contributed by atoms with Gasteiger partial charge >= 0.3 is 0 Å². The topological polar surface area (TPSA) is 16.1 Å². The first-order chi connectivity index (χ1) is 8.42. The molecule has 0 fully saturated rings. The Morgan fingerprint density at radius 2 is 1.59 bits per heavy atom. The number of pyridine rings is 1. The summed E-state index contributed by atoms with van der Waals surface area (Å²) in [6.45, 7) is 1.05. The lowest BCUT2D eigenvalue weighted by Gasteiger charge is -2.11. The van der Waals surface area contributed by atoms with E-state index in [0.717, 1.165) is 13.0 Å². The van der Waals surface area contributed by atoms with E-state index in [-0.39, 0.29) is 0 Å². The number of nitrogens with zero attached hydrogens (tertiary/aromatic N) is 2. The van der Waals surface area contributed by atoms with Crippen LogP contribution in [0.2, 0.25) is 0 Å². The van der Waals surface area contributed by atoms with E-state index in [9.17, 15) is 0 Å². The van der Waals surface area contributed by atoms with E-state index >= 15 is 0 Å². The average Bonchev–Trinajstić information content (AvgIpc) is 2.80. The number of hydrogen-bond acceptors (Lipinski definition) is 4. The lowest BCUT2D eigenvalue weighted by Crippen LogP contribution is -2.07. The molecule has 17 heavy (non-hydrogen) atoms. The smallest absolute Gasteiger partial charge is 0.0388 e. The summed E-state index contributed by atoms with van der Waals surface area (Å²) in [7, 11) is 0. The minimum absolute atomic E-state index is 1.05. The van der Waals surface area contributed by atoms with Gasteiger partial charge in [0.15, 0.2) is 0 Å². The summed E-state index contributed by atoms with van der Waals surface area (Å²) >= 11 is 3.67. The number of hydrogen-bond donors (Lipinski definition) is 0. The molecule has 0 atom stereocenters. The molecule has 0 saturated heterocycles. The molecule has 1 aromatic carbocycles. The van der Waals surface area contributed by atoms with Crippen LogP contribution in [-0.2, 0) is 6.42 Å². The lowest BCUT2D eigenvalue weighted by atomic mass is 10.2. The van der Waals surface area contributed by atoms with Gasteiger partial charge in [0.25, 0.3) is 0 Å². The van der Waals surface area contributed by atoms with E-state index in [1.54, 1.807) is 0 Å². The predicted molar refractivity (Wildman–Crippen MR) is 72.8 cm³/mol. The van der Waals surface area contributed by atoms with Crippen molar-refractivity contribution >= 4 is 23.9 Å². The van der Waals surface area contributed by atoms with Crippen LogP contribution in [0.3, 0.4) is 0 Å². The van der Waals surface area contributed by atoms with Gasteiger partial charge in [0.2, 0.25) is 0 Å². The fraction of sp³-hybridized carbons (Fsp3) is 0.154.